The number of rotatable bonds is 1. The molecule has 0 aliphatic carbocycles. The molecule has 4 heteroatoms. The molecule has 1 aliphatic heterocycles. The van der Waals surface area contributed by atoms with Crippen molar-refractivity contribution in [3.63, 3.8) is 0 Å². The molecular formula is C6H15NO2Si. The predicted molar refractivity (Wildman–Crippen MR) is 41.9 cm³/mol. The van der Waals surface area contributed by atoms with Crippen LogP contribution in [0.5, 0.6) is 0 Å². The van der Waals surface area contributed by atoms with Gasteiger partial charge in [0.25, 0.3) is 0 Å². The Morgan fingerprint density at radius 3 is 2.30 bits per heavy atom. The normalized spacial score (nSPS) is 34.8. The second-order valence-corrected chi connectivity index (χ2v) is 6.16. The minimum Gasteiger partial charge on any atom is -0.411 e. The zero-order valence-electron chi connectivity index (χ0n) is 6.46. The molecule has 2 unspecified atom stereocenters. The van der Waals surface area contributed by atoms with Crippen LogP contribution in [0.3, 0.4) is 0 Å². The minimum atomic E-state index is -2.85. The van der Waals surface area contributed by atoms with Crippen molar-refractivity contribution in [2.24, 2.45) is 0 Å². The highest BCUT2D eigenvalue weighted by Crippen LogP contribution is 2.28. The second-order valence-electron chi connectivity index (χ2n) is 3.23. The van der Waals surface area contributed by atoms with Crippen LogP contribution in [0.15, 0.2) is 0 Å². The molecule has 1 heterocycles. The quantitative estimate of drug-likeness (QED) is 0.467. The maximum Gasteiger partial charge on any atom is 0.334 e. The smallest absolute Gasteiger partial charge is 0.334 e. The summed E-state index contributed by atoms with van der Waals surface area (Å²) in [6.45, 7) is 4.52. The Morgan fingerprint density at radius 2 is 2.10 bits per heavy atom. The molecule has 1 fully saturated rings. The van der Waals surface area contributed by atoms with Crippen LogP contribution in [-0.4, -0.2) is 30.7 Å². The summed E-state index contributed by atoms with van der Waals surface area (Å²) in [6.07, 6.45) is 0.914. The fourth-order valence-electron chi connectivity index (χ4n) is 1.61. The largest absolute Gasteiger partial charge is 0.411 e. The van der Waals surface area contributed by atoms with Crippen molar-refractivity contribution in [1.29, 1.82) is 0 Å². The van der Waals surface area contributed by atoms with Crippen molar-refractivity contribution in [1.82, 2.24) is 5.32 Å². The van der Waals surface area contributed by atoms with Crippen LogP contribution in [0.25, 0.3) is 0 Å². The average Bonchev–Trinajstić information content (AvgIpc) is 2.11. The van der Waals surface area contributed by atoms with Crippen LogP contribution in [0.4, 0.5) is 0 Å². The lowest BCUT2D eigenvalue weighted by atomic mass is 10.2. The molecule has 2 atom stereocenters. The first-order valence-corrected chi connectivity index (χ1v) is 6.17. The Balaban J connectivity index is 2.55. The maximum atomic E-state index is 9.34. The molecule has 60 valence electrons. The van der Waals surface area contributed by atoms with Gasteiger partial charge in [0.2, 0.25) is 0 Å². The van der Waals surface area contributed by atoms with E-state index in [0.717, 1.165) is 13.0 Å². The summed E-state index contributed by atoms with van der Waals surface area (Å²) in [6, 6.07) is 0.284. The van der Waals surface area contributed by atoms with Crippen molar-refractivity contribution < 1.29 is 9.59 Å². The fourth-order valence-corrected chi connectivity index (χ4v) is 3.36. The van der Waals surface area contributed by atoms with Gasteiger partial charge in [-0.1, -0.05) is 0 Å². The van der Waals surface area contributed by atoms with E-state index in [1.807, 2.05) is 6.92 Å². The zero-order valence-corrected chi connectivity index (χ0v) is 7.46. The van der Waals surface area contributed by atoms with Crippen LogP contribution in [0.1, 0.15) is 13.3 Å². The molecule has 3 N–H and O–H groups in total. The highest BCUT2D eigenvalue weighted by atomic mass is 28.4. The highest BCUT2D eigenvalue weighted by molar-refractivity contribution is 6.65. The van der Waals surface area contributed by atoms with E-state index in [0.29, 0.717) is 0 Å². The standard InChI is InChI=1S/C6H15NO2Si/c1-5-6(3-4-7-5)10(2,8)9/h5-9H,3-4H2,1-2H3. The first-order chi connectivity index (χ1) is 4.52. The average molecular weight is 161 g/mol. The van der Waals surface area contributed by atoms with E-state index in [2.05, 4.69) is 5.32 Å². The predicted octanol–water partition coefficient (Wildman–Crippen LogP) is -0.205. The van der Waals surface area contributed by atoms with Crippen molar-refractivity contribution in [3.8, 4) is 0 Å². The zero-order chi connectivity index (χ0) is 7.78. The van der Waals surface area contributed by atoms with Gasteiger partial charge in [-0.3, -0.25) is 0 Å². The van der Waals surface area contributed by atoms with E-state index < -0.39 is 8.56 Å². The van der Waals surface area contributed by atoms with Crippen molar-refractivity contribution in [3.05, 3.63) is 0 Å². The molecule has 0 aromatic rings. The van der Waals surface area contributed by atoms with Crippen molar-refractivity contribution in [2.75, 3.05) is 6.54 Å². The van der Waals surface area contributed by atoms with Crippen LogP contribution in [0, 0.1) is 0 Å². The summed E-state index contributed by atoms with van der Waals surface area (Å²) in [5.74, 6) is 0. The first-order valence-electron chi connectivity index (χ1n) is 3.70. The molecule has 0 saturated carbocycles. The van der Waals surface area contributed by atoms with Gasteiger partial charge in [-0.25, -0.2) is 0 Å². The third kappa shape index (κ3) is 1.57. The van der Waals surface area contributed by atoms with Gasteiger partial charge in [-0.15, -0.1) is 0 Å². The fraction of sp³-hybridized carbons (Fsp3) is 1.00. The topological polar surface area (TPSA) is 52.5 Å². The third-order valence-electron chi connectivity index (χ3n) is 2.23. The van der Waals surface area contributed by atoms with E-state index in [9.17, 15) is 9.59 Å². The molecule has 0 aromatic heterocycles. The first kappa shape index (κ1) is 8.20. The van der Waals surface area contributed by atoms with Gasteiger partial charge >= 0.3 is 8.56 Å². The van der Waals surface area contributed by atoms with Crippen LogP contribution < -0.4 is 5.32 Å². The van der Waals surface area contributed by atoms with Gasteiger partial charge in [-0.2, -0.15) is 0 Å². The van der Waals surface area contributed by atoms with Crippen LogP contribution in [-0.2, 0) is 0 Å². The van der Waals surface area contributed by atoms with Gasteiger partial charge in [0.1, 0.15) is 0 Å². The lowest BCUT2D eigenvalue weighted by Gasteiger charge is -2.23. The summed E-state index contributed by atoms with van der Waals surface area (Å²) in [5, 5.41) is 3.19. The number of nitrogens with one attached hydrogen (secondary N) is 1. The second kappa shape index (κ2) is 2.62. The van der Waals surface area contributed by atoms with Crippen LogP contribution >= 0.6 is 0 Å². The van der Waals surface area contributed by atoms with Gasteiger partial charge in [-0.05, 0) is 26.4 Å². The highest BCUT2D eigenvalue weighted by Gasteiger charge is 2.40. The molecule has 0 amide bonds. The van der Waals surface area contributed by atoms with Crippen molar-refractivity contribution in [2.45, 2.75) is 31.5 Å². The summed E-state index contributed by atoms with van der Waals surface area (Å²) >= 11 is 0. The summed E-state index contributed by atoms with van der Waals surface area (Å²) < 4.78 is 0. The molecule has 1 rings (SSSR count). The summed E-state index contributed by atoms with van der Waals surface area (Å²) in [4.78, 5) is 18.7. The molecule has 0 bridgehead atoms. The molecule has 0 spiro atoms. The van der Waals surface area contributed by atoms with Gasteiger partial charge in [0.05, 0.1) is 0 Å². The number of hydrogen-bond acceptors (Lipinski definition) is 3. The molecular weight excluding hydrogens is 146 g/mol. The van der Waals surface area contributed by atoms with E-state index in [1.165, 1.54) is 0 Å². The monoisotopic (exact) mass is 161 g/mol. The lowest BCUT2D eigenvalue weighted by Crippen LogP contribution is -2.41. The molecule has 1 saturated heterocycles. The van der Waals surface area contributed by atoms with Gasteiger partial charge in [0.15, 0.2) is 0 Å². The Morgan fingerprint density at radius 1 is 1.50 bits per heavy atom. The minimum absolute atomic E-state index is 0.118. The van der Waals surface area contributed by atoms with E-state index in [-0.39, 0.29) is 11.6 Å². The number of hydrogen-bond donors (Lipinski definition) is 3. The molecule has 3 nitrogen and oxygen atoms in total. The molecule has 10 heavy (non-hydrogen) atoms. The molecule has 0 radical (unpaired) electrons. The Kier molecular flexibility index (Phi) is 2.14. The lowest BCUT2D eigenvalue weighted by molar-refractivity contribution is 0.341. The Bertz CT molecular complexity index is 123. The SMILES string of the molecule is CC1NCCC1[Si](C)(O)O. The van der Waals surface area contributed by atoms with Gasteiger partial charge < -0.3 is 14.9 Å². The van der Waals surface area contributed by atoms with Crippen LogP contribution in [0.2, 0.25) is 12.1 Å². The van der Waals surface area contributed by atoms with E-state index in [1.54, 1.807) is 6.55 Å². The van der Waals surface area contributed by atoms with E-state index in [4.69, 9.17) is 0 Å². The molecule has 0 aromatic carbocycles. The summed E-state index contributed by atoms with van der Waals surface area (Å²) in [7, 11) is -2.85. The Labute approximate surface area is 62.3 Å². The Hall–Kier alpha value is 0.0969. The van der Waals surface area contributed by atoms with Crippen molar-refractivity contribution >= 4 is 8.56 Å². The van der Waals surface area contributed by atoms with E-state index >= 15 is 0 Å². The summed E-state index contributed by atoms with van der Waals surface area (Å²) in [5.41, 5.74) is 0.118. The maximum absolute atomic E-state index is 9.34. The van der Waals surface area contributed by atoms with Gasteiger partial charge in [0, 0.05) is 11.6 Å². The third-order valence-corrected chi connectivity index (χ3v) is 4.42. The molecule has 1 aliphatic rings.